The summed E-state index contributed by atoms with van der Waals surface area (Å²) < 4.78 is 17.9. The van der Waals surface area contributed by atoms with E-state index in [0.717, 1.165) is 12.1 Å². The first-order chi connectivity index (χ1) is 7.26. The highest BCUT2D eigenvalue weighted by atomic mass is 35.5. The highest BCUT2D eigenvalue weighted by Crippen LogP contribution is 2.19. The monoisotopic (exact) mass is 245 g/mol. The van der Waals surface area contributed by atoms with E-state index in [1.807, 2.05) is 0 Å². The number of hydrogen-bond acceptors (Lipinski definition) is 2. The van der Waals surface area contributed by atoms with Crippen LogP contribution in [0.3, 0.4) is 0 Å². The predicted molar refractivity (Wildman–Crippen MR) is 61.3 cm³/mol. The van der Waals surface area contributed by atoms with Crippen molar-refractivity contribution in [3.63, 3.8) is 0 Å². The number of nitrogens with one attached hydrogen (secondary N) is 1. The summed E-state index contributed by atoms with van der Waals surface area (Å²) in [6.07, 6.45) is -0.644. The van der Waals surface area contributed by atoms with Crippen molar-refractivity contribution in [3.8, 4) is 0 Å². The van der Waals surface area contributed by atoms with Crippen LogP contribution in [-0.2, 0) is 4.74 Å². The van der Waals surface area contributed by atoms with Gasteiger partial charge in [0, 0.05) is 10.7 Å². The van der Waals surface area contributed by atoms with Crippen LogP contribution >= 0.6 is 11.6 Å². The van der Waals surface area contributed by atoms with Gasteiger partial charge in [0.05, 0.1) is 0 Å². The zero-order valence-corrected chi connectivity index (χ0v) is 10.1. The van der Waals surface area contributed by atoms with E-state index in [-0.39, 0.29) is 10.7 Å². The third-order valence-corrected chi connectivity index (χ3v) is 1.73. The minimum absolute atomic E-state index is 0.214. The van der Waals surface area contributed by atoms with Crippen LogP contribution in [0.25, 0.3) is 0 Å². The van der Waals surface area contributed by atoms with Gasteiger partial charge in [-0.1, -0.05) is 11.6 Å². The third kappa shape index (κ3) is 4.49. The molecule has 0 aromatic heterocycles. The standard InChI is InChI=1S/C11H13ClFNO2/c1-11(2,3)16-10(15)14-9-5-7(12)4-8(13)6-9/h4-6H,1-3H3,(H,14,15). The quantitative estimate of drug-likeness (QED) is 0.817. The van der Waals surface area contributed by atoms with E-state index in [4.69, 9.17) is 16.3 Å². The number of carbonyl (C=O) groups is 1. The lowest BCUT2D eigenvalue weighted by atomic mass is 10.2. The Morgan fingerprint density at radius 1 is 1.38 bits per heavy atom. The van der Waals surface area contributed by atoms with Crippen LogP contribution in [0.5, 0.6) is 0 Å². The van der Waals surface area contributed by atoms with Crippen LogP contribution in [0.1, 0.15) is 20.8 Å². The summed E-state index contributed by atoms with van der Waals surface area (Å²) >= 11 is 5.63. The van der Waals surface area contributed by atoms with Crippen molar-refractivity contribution in [1.29, 1.82) is 0 Å². The molecule has 0 aliphatic heterocycles. The molecule has 0 radical (unpaired) electrons. The maximum Gasteiger partial charge on any atom is 0.412 e. The van der Waals surface area contributed by atoms with E-state index in [1.54, 1.807) is 20.8 Å². The highest BCUT2D eigenvalue weighted by Gasteiger charge is 2.16. The number of rotatable bonds is 1. The van der Waals surface area contributed by atoms with Gasteiger partial charge in [-0.3, -0.25) is 5.32 Å². The molecule has 0 saturated carbocycles. The Balaban J connectivity index is 2.70. The molecule has 1 aromatic rings. The van der Waals surface area contributed by atoms with E-state index >= 15 is 0 Å². The van der Waals surface area contributed by atoms with Crippen LogP contribution in [0, 0.1) is 5.82 Å². The molecule has 0 saturated heterocycles. The molecule has 1 amide bonds. The fourth-order valence-corrected chi connectivity index (χ4v) is 1.27. The Labute approximate surface area is 98.5 Å². The fourth-order valence-electron chi connectivity index (χ4n) is 1.05. The smallest absolute Gasteiger partial charge is 0.412 e. The molecular weight excluding hydrogens is 233 g/mol. The number of halogens is 2. The second-order valence-electron chi connectivity index (χ2n) is 4.29. The van der Waals surface area contributed by atoms with Gasteiger partial charge in [-0.15, -0.1) is 0 Å². The molecule has 0 aliphatic carbocycles. The van der Waals surface area contributed by atoms with E-state index < -0.39 is 17.5 Å². The lowest BCUT2D eigenvalue weighted by Gasteiger charge is -2.19. The Hall–Kier alpha value is -1.29. The number of anilines is 1. The molecule has 5 heteroatoms. The molecule has 0 aliphatic rings. The van der Waals surface area contributed by atoms with E-state index in [1.165, 1.54) is 6.07 Å². The molecule has 16 heavy (non-hydrogen) atoms. The van der Waals surface area contributed by atoms with Crippen molar-refractivity contribution >= 4 is 23.4 Å². The Kier molecular flexibility index (Phi) is 3.75. The van der Waals surface area contributed by atoms with Crippen molar-refractivity contribution in [2.24, 2.45) is 0 Å². The SMILES string of the molecule is CC(C)(C)OC(=O)Nc1cc(F)cc(Cl)c1. The van der Waals surface area contributed by atoms with Crippen molar-refractivity contribution < 1.29 is 13.9 Å². The van der Waals surface area contributed by atoms with Crippen molar-refractivity contribution in [3.05, 3.63) is 29.0 Å². The number of carbonyl (C=O) groups excluding carboxylic acids is 1. The molecule has 1 aromatic carbocycles. The summed E-state index contributed by atoms with van der Waals surface area (Å²) in [6.45, 7) is 5.22. The molecule has 0 heterocycles. The van der Waals surface area contributed by atoms with Crippen LogP contribution in [-0.4, -0.2) is 11.7 Å². The number of ether oxygens (including phenoxy) is 1. The van der Waals surface area contributed by atoms with E-state index in [9.17, 15) is 9.18 Å². The second kappa shape index (κ2) is 4.70. The van der Waals surface area contributed by atoms with Gasteiger partial charge < -0.3 is 4.74 Å². The van der Waals surface area contributed by atoms with Gasteiger partial charge in [-0.2, -0.15) is 0 Å². The van der Waals surface area contributed by atoms with Crippen molar-refractivity contribution in [2.75, 3.05) is 5.32 Å². The molecular formula is C11H13ClFNO2. The molecule has 3 nitrogen and oxygen atoms in total. The number of amides is 1. The molecule has 88 valence electrons. The topological polar surface area (TPSA) is 38.3 Å². The number of benzene rings is 1. The zero-order valence-electron chi connectivity index (χ0n) is 9.30. The van der Waals surface area contributed by atoms with Gasteiger partial charge in [0.2, 0.25) is 0 Å². The Morgan fingerprint density at radius 3 is 2.50 bits per heavy atom. The van der Waals surface area contributed by atoms with Gasteiger partial charge in [0.25, 0.3) is 0 Å². The molecule has 0 unspecified atom stereocenters. The summed E-state index contributed by atoms with van der Waals surface area (Å²) in [5.74, 6) is -0.515. The molecule has 0 bridgehead atoms. The zero-order chi connectivity index (χ0) is 12.3. The van der Waals surface area contributed by atoms with Gasteiger partial charge in [0.15, 0.2) is 0 Å². The maximum absolute atomic E-state index is 12.9. The Bertz CT molecular complexity index is 381. The van der Waals surface area contributed by atoms with E-state index in [2.05, 4.69) is 5.32 Å². The first-order valence-corrected chi connectivity index (χ1v) is 5.10. The minimum Gasteiger partial charge on any atom is -0.444 e. The molecule has 1 N–H and O–H groups in total. The first kappa shape index (κ1) is 12.8. The summed E-state index contributed by atoms with van der Waals surface area (Å²) in [5, 5.41) is 2.61. The third-order valence-electron chi connectivity index (χ3n) is 1.51. The van der Waals surface area contributed by atoms with Crippen molar-refractivity contribution in [2.45, 2.75) is 26.4 Å². The van der Waals surface area contributed by atoms with Gasteiger partial charge in [-0.25, -0.2) is 9.18 Å². The van der Waals surface area contributed by atoms with E-state index in [0.29, 0.717) is 0 Å². The molecule has 0 spiro atoms. The lowest BCUT2D eigenvalue weighted by molar-refractivity contribution is 0.0636. The second-order valence-corrected chi connectivity index (χ2v) is 4.72. The molecule has 1 rings (SSSR count). The number of hydrogen-bond donors (Lipinski definition) is 1. The minimum atomic E-state index is -0.644. The first-order valence-electron chi connectivity index (χ1n) is 4.72. The maximum atomic E-state index is 12.9. The normalized spacial score (nSPS) is 11.1. The molecule has 0 fully saturated rings. The summed E-state index contributed by atoms with van der Waals surface area (Å²) in [5.41, 5.74) is -0.333. The van der Waals surface area contributed by atoms with Crippen molar-refractivity contribution in [1.82, 2.24) is 0 Å². The summed E-state index contributed by atoms with van der Waals surface area (Å²) in [7, 11) is 0. The predicted octanol–water partition coefficient (Wildman–Crippen LogP) is 3.83. The fraction of sp³-hybridized carbons (Fsp3) is 0.364. The summed E-state index contributed by atoms with van der Waals surface area (Å²) in [6, 6.07) is 3.76. The van der Waals surface area contributed by atoms with Crippen LogP contribution in [0.2, 0.25) is 5.02 Å². The largest absolute Gasteiger partial charge is 0.444 e. The lowest BCUT2D eigenvalue weighted by Crippen LogP contribution is -2.27. The highest BCUT2D eigenvalue weighted by molar-refractivity contribution is 6.30. The van der Waals surface area contributed by atoms with Crippen LogP contribution in [0.4, 0.5) is 14.9 Å². The van der Waals surface area contributed by atoms with Gasteiger partial charge in [-0.05, 0) is 39.0 Å². The summed E-state index contributed by atoms with van der Waals surface area (Å²) in [4.78, 5) is 11.4. The van der Waals surface area contributed by atoms with Gasteiger partial charge in [0.1, 0.15) is 11.4 Å². The average Bonchev–Trinajstić information content (AvgIpc) is 1.96. The van der Waals surface area contributed by atoms with Gasteiger partial charge >= 0.3 is 6.09 Å². The van der Waals surface area contributed by atoms with Crippen LogP contribution < -0.4 is 5.32 Å². The average molecular weight is 246 g/mol. The Morgan fingerprint density at radius 2 is 2.00 bits per heavy atom. The molecule has 0 atom stereocenters. The van der Waals surface area contributed by atoms with Crippen LogP contribution in [0.15, 0.2) is 18.2 Å².